The molecular formula is C20H34N4O3S. The topological polar surface area (TPSA) is 90.9 Å². The normalized spacial score (nSPS) is 22.4. The van der Waals surface area contributed by atoms with Crippen molar-refractivity contribution in [1.29, 1.82) is 0 Å². The largest absolute Gasteiger partial charge is 0.352 e. The molecule has 0 radical (unpaired) electrons. The van der Waals surface area contributed by atoms with E-state index in [1.54, 1.807) is 11.8 Å². The van der Waals surface area contributed by atoms with Gasteiger partial charge < -0.3 is 10.2 Å². The average Bonchev–Trinajstić information content (AvgIpc) is 2.90. The Labute approximate surface area is 172 Å². The highest BCUT2D eigenvalue weighted by atomic mass is 32.2. The van der Waals surface area contributed by atoms with Crippen LogP contribution in [0.25, 0.3) is 0 Å². The number of rotatable bonds is 7. The predicted octanol–water partition coefficient (Wildman–Crippen LogP) is 2.51. The van der Waals surface area contributed by atoms with E-state index in [0.717, 1.165) is 38.6 Å². The summed E-state index contributed by atoms with van der Waals surface area (Å²) in [5, 5.41) is 7.64. The number of nitrogens with one attached hydrogen (secondary N) is 2. The maximum atomic E-state index is 12.7. The molecule has 7 nitrogen and oxygen atoms in total. The van der Waals surface area contributed by atoms with E-state index in [4.69, 9.17) is 0 Å². The number of hydrazone groups is 1. The summed E-state index contributed by atoms with van der Waals surface area (Å²) in [6.07, 6.45) is 5.38. The van der Waals surface area contributed by atoms with Crippen molar-refractivity contribution in [3.8, 4) is 0 Å². The van der Waals surface area contributed by atoms with Gasteiger partial charge in [-0.1, -0.05) is 44.9 Å². The molecule has 0 spiro atoms. The molecule has 8 heteroatoms. The molecule has 1 aliphatic heterocycles. The van der Waals surface area contributed by atoms with Crippen LogP contribution in [0.5, 0.6) is 0 Å². The van der Waals surface area contributed by atoms with Crippen molar-refractivity contribution in [2.45, 2.75) is 77.0 Å². The molecule has 1 aliphatic carbocycles. The second-order valence-corrected chi connectivity index (χ2v) is 10.6. The number of amidine groups is 1. The summed E-state index contributed by atoms with van der Waals surface area (Å²) >= 11 is 1.56. The van der Waals surface area contributed by atoms with Crippen molar-refractivity contribution in [2.75, 3.05) is 13.6 Å². The van der Waals surface area contributed by atoms with E-state index in [1.807, 2.05) is 25.8 Å². The number of thioether (sulfide) groups is 1. The molecule has 1 heterocycles. The van der Waals surface area contributed by atoms with Crippen LogP contribution in [-0.4, -0.2) is 52.0 Å². The Kier molecular flexibility index (Phi) is 7.92. The zero-order valence-corrected chi connectivity index (χ0v) is 18.5. The van der Waals surface area contributed by atoms with E-state index in [0.29, 0.717) is 11.6 Å². The minimum atomic E-state index is -0.806. The number of Topliss-reactive ketones (excluding diaryl/α,β-unsaturated/α-hetero) is 1. The Balaban J connectivity index is 1.99. The molecule has 2 amide bonds. The van der Waals surface area contributed by atoms with Crippen LogP contribution in [0.3, 0.4) is 0 Å². The van der Waals surface area contributed by atoms with Gasteiger partial charge in [-0.05, 0) is 39.0 Å². The maximum absolute atomic E-state index is 12.7. The molecule has 1 atom stereocenters. The number of carbonyl (C=O) groups is 3. The SMILES string of the molecule is CC(C)C[C@H](NC(=O)C1CCCCC1)C(=O)C(=O)NN=C1SC(C)(C)CN1C. The van der Waals surface area contributed by atoms with E-state index in [9.17, 15) is 14.4 Å². The molecule has 28 heavy (non-hydrogen) atoms. The third kappa shape index (κ3) is 6.50. The second kappa shape index (κ2) is 9.76. The third-order valence-electron chi connectivity index (χ3n) is 5.11. The standard InChI is InChI=1S/C20H34N4O3S/c1-13(2)11-15(21-17(26)14-9-7-6-8-10-14)16(25)18(27)22-23-19-24(5)12-20(3,4)28-19/h13-15H,6-12H2,1-5H3,(H,21,26)(H,22,27)/t15-/m0/s1. The number of ketones is 1. The van der Waals surface area contributed by atoms with Gasteiger partial charge in [0.25, 0.3) is 0 Å². The van der Waals surface area contributed by atoms with Gasteiger partial charge in [-0.2, -0.15) is 0 Å². The molecule has 1 saturated heterocycles. The summed E-state index contributed by atoms with van der Waals surface area (Å²) in [5.41, 5.74) is 2.38. The monoisotopic (exact) mass is 410 g/mol. The minimum absolute atomic E-state index is 0.0104. The van der Waals surface area contributed by atoms with Gasteiger partial charge in [-0.15, -0.1) is 5.10 Å². The summed E-state index contributed by atoms with van der Waals surface area (Å²) in [5.74, 6) is -1.39. The highest BCUT2D eigenvalue weighted by molar-refractivity contribution is 8.15. The van der Waals surface area contributed by atoms with Gasteiger partial charge in [-0.25, -0.2) is 5.43 Å². The number of hydrogen-bond donors (Lipinski definition) is 2. The maximum Gasteiger partial charge on any atom is 0.309 e. The molecule has 2 N–H and O–H groups in total. The molecule has 0 bridgehead atoms. The van der Waals surface area contributed by atoms with E-state index < -0.39 is 17.7 Å². The molecule has 2 fully saturated rings. The second-order valence-electron chi connectivity index (χ2n) is 8.94. The zero-order valence-electron chi connectivity index (χ0n) is 17.7. The summed E-state index contributed by atoms with van der Waals surface area (Å²) in [6, 6.07) is -0.806. The zero-order chi connectivity index (χ0) is 20.9. The van der Waals surface area contributed by atoms with Crippen LogP contribution in [0.1, 0.15) is 66.2 Å². The highest BCUT2D eigenvalue weighted by Crippen LogP contribution is 2.34. The van der Waals surface area contributed by atoms with E-state index in [2.05, 4.69) is 29.7 Å². The van der Waals surface area contributed by atoms with Crippen LogP contribution in [-0.2, 0) is 14.4 Å². The molecule has 2 rings (SSSR count). The van der Waals surface area contributed by atoms with Crippen LogP contribution in [0.15, 0.2) is 5.10 Å². The predicted molar refractivity (Wildman–Crippen MR) is 113 cm³/mol. The molecule has 158 valence electrons. The van der Waals surface area contributed by atoms with Gasteiger partial charge in [0.1, 0.15) is 0 Å². The van der Waals surface area contributed by atoms with Crippen molar-refractivity contribution in [2.24, 2.45) is 16.9 Å². The first-order valence-electron chi connectivity index (χ1n) is 10.2. The Morgan fingerprint density at radius 3 is 2.39 bits per heavy atom. The van der Waals surface area contributed by atoms with Gasteiger partial charge in [-0.3, -0.25) is 14.4 Å². The fraction of sp³-hybridized carbons (Fsp3) is 0.800. The van der Waals surface area contributed by atoms with Crippen molar-refractivity contribution in [3.05, 3.63) is 0 Å². The lowest BCUT2D eigenvalue weighted by Gasteiger charge is -2.24. The summed E-state index contributed by atoms with van der Waals surface area (Å²) in [6.45, 7) is 8.95. The number of amides is 2. The molecule has 2 aliphatic rings. The van der Waals surface area contributed by atoms with Crippen molar-refractivity contribution in [3.63, 3.8) is 0 Å². The van der Waals surface area contributed by atoms with Crippen molar-refractivity contribution < 1.29 is 14.4 Å². The van der Waals surface area contributed by atoms with Crippen LogP contribution >= 0.6 is 11.8 Å². The third-order valence-corrected chi connectivity index (χ3v) is 6.37. The lowest BCUT2D eigenvalue weighted by molar-refractivity contribution is -0.140. The minimum Gasteiger partial charge on any atom is -0.352 e. The van der Waals surface area contributed by atoms with Crippen LogP contribution in [0.2, 0.25) is 0 Å². The molecule has 0 aromatic heterocycles. The fourth-order valence-electron chi connectivity index (χ4n) is 3.77. The van der Waals surface area contributed by atoms with E-state index >= 15 is 0 Å². The highest BCUT2D eigenvalue weighted by Gasteiger charge is 2.34. The van der Waals surface area contributed by atoms with Crippen molar-refractivity contribution in [1.82, 2.24) is 15.6 Å². The van der Waals surface area contributed by atoms with Gasteiger partial charge >= 0.3 is 5.91 Å². The lowest BCUT2D eigenvalue weighted by atomic mass is 9.88. The first kappa shape index (κ1) is 22.7. The molecule has 0 unspecified atom stereocenters. The van der Waals surface area contributed by atoms with Gasteiger partial charge in [0.15, 0.2) is 5.17 Å². The molecular weight excluding hydrogens is 376 g/mol. The summed E-state index contributed by atoms with van der Waals surface area (Å²) in [7, 11) is 1.90. The quantitative estimate of drug-likeness (QED) is 0.497. The summed E-state index contributed by atoms with van der Waals surface area (Å²) in [4.78, 5) is 39.6. The average molecular weight is 411 g/mol. The Morgan fingerprint density at radius 1 is 1.21 bits per heavy atom. The van der Waals surface area contributed by atoms with Gasteiger partial charge in [0.2, 0.25) is 11.7 Å². The Bertz CT molecular complexity index is 627. The van der Waals surface area contributed by atoms with Crippen LogP contribution in [0, 0.1) is 11.8 Å². The Hall–Kier alpha value is -1.57. The van der Waals surface area contributed by atoms with Crippen molar-refractivity contribution >= 4 is 34.5 Å². The van der Waals surface area contributed by atoms with E-state index in [-0.39, 0.29) is 22.5 Å². The smallest absolute Gasteiger partial charge is 0.309 e. The molecule has 1 saturated carbocycles. The Morgan fingerprint density at radius 2 is 1.86 bits per heavy atom. The number of nitrogens with zero attached hydrogens (tertiary/aromatic N) is 2. The first-order valence-corrected chi connectivity index (χ1v) is 11.0. The van der Waals surface area contributed by atoms with Gasteiger partial charge in [0.05, 0.1) is 6.04 Å². The molecule has 0 aromatic rings. The first-order chi connectivity index (χ1) is 13.1. The lowest BCUT2D eigenvalue weighted by Crippen LogP contribution is -2.49. The van der Waals surface area contributed by atoms with Crippen LogP contribution < -0.4 is 10.7 Å². The van der Waals surface area contributed by atoms with Gasteiger partial charge in [0, 0.05) is 24.3 Å². The molecule has 0 aromatic carbocycles. The number of carbonyl (C=O) groups excluding carboxylic acids is 3. The number of hydrogen-bond acceptors (Lipinski definition) is 5. The summed E-state index contributed by atoms with van der Waals surface area (Å²) < 4.78 is 0.0104. The van der Waals surface area contributed by atoms with E-state index in [1.165, 1.54) is 0 Å². The fourth-order valence-corrected chi connectivity index (χ4v) is 4.84. The van der Waals surface area contributed by atoms with Crippen LogP contribution in [0.4, 0.5) is 0 Å².